The summed E-state index contributed by atoms with van der Waals surface area (Å²) in [6.07, 6.45) is 1.59. The van der Waals surface area contributed by atoms with Crippen molar-refractivity contribution in [2.24, 2.45) is 18.7 Å². The van der Waals surface area contributed by atoms with E-state index < -0.39 is 0 Å². The third kappa shape index (κ3) is 2.81. The molecule has 0 aliphatic carbocycles. The van der Waals surface area contributed by atoms with E-state index >= 15 is 0 Å². The number of amides is 1. The smallest absolute Gasteiger partial charge is 0.224 e. The monoisotopic (exact) mass is 197 g/mol. The normalized spacial score (nSPS) is 12.5. The minimum Gasteiger partial charge on any atom is -0.348 e. The van der Waals surface area contributed by atoms with Crippen LogP contribution in [-0.2, 0) is 18.4 Å². The highest BCUT2D eigenvalue weighted by Crippen LogP contribution is 1.92. The molecule has 0 radical (unpaired) electrons. The Balaban J connectivity index is 2.37. The van der Waals surface area contributed by atoms with Crippen molar-refractivity contribution in [3.05, 3.63) is 12.2 Å². The average Bonchev–Trinajstić information content (AvgIpc) is 2.59. The molecule has 1 heterocycles. The summed E-state index contributed by atoms with van der Waals surface area (Å²) in [6.45, 7) is 2.48. The molecule has 0 saturated heterocycles. The second kappa shape index (κ2) is 4.71. The van der Waals surface area contributed by atoms with Crippen molar-refractivity contribution >= 4 is 5.91 Å². The van der Waals surface area contributed by atoms with E-state index in [0.717, 1.165) is 0 Å². The fourth-order valence-corrected chi connectivity index (χ4v) is 0.912. The molecule has 6 nitrogen and oxygen atoms in total. The molecule has 1 unspecified atom stereocenters. The standard InChI is InChI=1S/C8H15N5O/c1-6(3-9)8(14)10-4-7-11-5-13(2)12-7/h5-6H,3-4,9H2,1-2H3,(H,10,14). The van der Waals surface area contributed by atoms with Gasteiger partial charge in [0.05, 0.1) is 6.54 Å². The molecule has 1 amide bonds. The molecular weight excluding hydrogens is 182 g/mol. The van der Waals surface area contributed by atoms with Gasteiger partial charge in [-0.15, -0.1) is 0 Å². The zero-order valence-electron chi connectivity index (χ0n) is 8.40. The SMILES string of the molecule is CC(CN)C(=O)NCc1ncn(C)n1. The fourth-order valence-electron chi connectivity index (χ4n) is 0.912. The summed E-state index contributed by atoms with van der Waals surface area (Å²) in [4.78, 5) is 15.3. The maximum atomic E-state index is 11.3. The molecule has 1 aromatic heterocycles. The molecule has 1 atom stereocenters. The first kappa shape index (κ1) is 10.6. The maximum Gasteiger partial charge on any atom is 0.224 e. The molecule has 0 bridgehead atoms. The third-order valence-corrected chi connectivity index (χ3v) is 1.87. The molecule has 0 spiro atoms. The predicted octanol–water partition coefficient (Wildman–Crippen LogP) is -0.974. The topological polar surface area (TPSA) is 85.8 Å². The number of carbonyl (C=O) groups excluding carboxylic acids is 1. The number of hydrogen-bond acceptors (Lipinski definition) is 4. The van der Waals surface area contributed by atoms with E-state index in [1.807, 2.05) is 0 Å². The van der Waals surface area contributed by atoms with Crippen LogP contribution < -0.4 is 11.1 Å². The van der Waals surface area contributed by atoms with Gasteiger partial charge in [-0.3, -0.25) is 9.48 Å². The summed E-state index contributed by atoms with van der Waals surface area (Å²) >= 11 is 0. The molecule has 3 N–H and O–H groups in total. The summed E-state index contributed by atoms with van der Waals surface area (Å²) in [6, 6.07) is 0. The first-order valence-corrected chi connectivity index (χ1v) is 4.45. The van der Waals surface area contributed by atoms with Gasteiger partial charge < -0.3 is 11.1 Å². The van der Waals surface area contributed by atoms with Gasteiger partial charge in [-0.25, -0.2) is 4.98 Å². The van der Waals surface area contributed by atoms with Crippen LogP contribution in [0.3, 0.4) is 0 Å². The molecule has 14 heavy (non-hydrogen) atoms. The summed E-state index contributed by atoms with van der Waals surface area (Å²) in [5, 5.41) is 6.73. The molecule has 0 aliphatic heterocycles. The number of carbonyl (C=O) groups is 1. The van der Waals surface area contributed by atoms with Crippen LogP contribution in [0.1, 0.15) is 12.7 Å². The fraction of sp³-hybridized carbons (Fsp3) is 0.625. The van der Waals surface area contributed by atoms with Crippen LogP contribution in [0, 0.1) is 5.92 Å². The van der Waals surface area contributed by atoms with Crippen molar-refractivity contribution in [3.63, 3.8) is 0 Å². The molecule has 0 aromatic carbocycles. The quantitative estimate of drug-likeness (QED) is 0.650. The summed E-state index contributed by atoms with van der Waals surface area (Å²) < 4.78 is 1.59. The minimum absolute atomic E-state index is 0.0695. The Morgan fingerprint density at radius 3 is 3.00 bits per heavy atom. The maximum absolute atomic E-state index is 11.3. The molecule has 1 aromatic rings. The zero-order chi connectivity index (χ0) is 10.6. The Bertz CT molecular complexity index is 308. The average molecular weight is 197 g/mol. The lowest BCUT2D eigenvalue weighted by Gasteiger charge is -2.07. The Hall–Kier alpha value is -1.43. The van der Waals surface area contributed by atoms with Gasteiger partial charge >= 0.3 is 0 Å². The number of aromatic nitrogens is 3. The molecule has 78 valence electrons. The van der Waals surface area contributed by atoms with E-state index in [0.29, 0.717) is 18.9 Å². The number of nitrogens with one attached hydrogen (secondary N) is 1. The second-order valence-corrected chi connectivity index (χ2v) is 3.19. The largest absolute Gasteiger partial charge is 0.348 e. The van der Waals surface area contributed by atoms with Crippen molar-refractivity contribution in [3.8, 4) is 0 Å². The van der Waals surface area contributed by atoms with Crippen LogP contribution in [0.25, 0.3) is 0 Å². The first-order chi connectivity index (χ1) is 6.63. The Kier molecular flexibility index (Phi) is 3.58. The van der Waals surface area contributed by atoms with E-state index in [4.69, 9.17) is 5.73 Å². The van der Waals surface area contributed by atoms with Gasteiger partial charge in [0.25, 0.3) is 0 Å². The van der Waals surface area contributed by atoms with Gasteiger partial charge in [-0.1, -0.05) is 6.92 Å². The van der Waals surface area contributed by atoms with Crippen molar-refractivity contribution < 1.29 is 4.79 Å². The van der Waals surface area contributed by atoms with Crippen LogP contribution in [0.5, 0.6) is 0 Å². The highest BCUT2D eigenvalue weighted by molar-refractivity contribution is 5.78. The summed E-state index contributed by atoms with van der Waals surface area (Å²) in [7, 11) is 1.78. The van der Waals surface area contributed by atoms with Crippen LogP contribution in [0.2, 0.25) is 0 Å². The third-order valence-electron chi connectivity index (χ3n) is 1.87. The van der Waals surface area contributed by atoms with Crippen LogP contribution in [0.15, 0.2) is 6.33 Å². The number of hydrogen-bond donors (Lipinski definition) is 2. The molecule has 0 fully saturated rings. The molecule has 1 rings (SSSR count). The summed E-state index contributed by atoms with van der Waals surface area (Å²) in [5.41, 5.74) is 5.35. The van der Waals surface area contributed by atoms with Crippen molar-refractivity contribution in [1.82, 2.24) is 20.1 Å². The lowest BCUT2D eigenvalue weighted by molar-refractivity contribution is -0.124. The van der Waals surface area contributed by atoms with E-state index in [1.165, 1.54) is 0 Å². The first-order valence-electron chi connectivity index (χ1n) is 4.45. The lowest BCUT2D eigenvalue weighted by atomic mass is 10.2. The molecule has 0 saturated carbocycles. The molecule has 0 aliphatic rings. The highest BCUT2D eigenvalue weighted by atomic mass is 16.1. The van der Waals surface area contributed by atoms with Crippen molar-refractivity contribution in [2.75, 3.05) is 6.54 Å². The number of nitrogens with zero attached hydrogens (tertiary/aromatic N) is 3. The summed E-state index contributed by atoms with van der Waals surface area (Å²) in [5.74, 6) is 0.365. The van der Waals surface area contributed by atoms with Gasteiger partial charge in [0.1, 0.15) is 6.33 Å². The van der Waals surface area contributed by atoms with E-state index in [9.17, 15) is 4.79 Å². The highest BCUT2D eigenvalue weighted by Gasteiger charge is 2.10. The van der Waals surface area contributed by atoms with Crippen molar-refractivity contribution in [2.45, 2.75) is 13.5 Å². The van der Waals surface area contributed by atoms with Crippen LogP contribution >= 0.6 is 0 Å². The Morgan fingerprint density at radius 1 is 1.79 bits per heavy atom. The second-order valence-electron chi connectivity index (χ2n) is 3.19. The predicted molar refractivity (Wildman–Crippen MR) is 51.1 cm³/mol. The van der Waals surface area contributed by atoms with Gasteiger partial charge in [-0.05, 0) is 0 Å². The van der Waals surface area contributed by atoms with E-state index in [1.54, 1.807) is 25.0 Å². The van der Waals surface area contributed by atoms with Crippen LogP contribution in [0.4, 0.5) is 0 Å². The molecule has 6 heteroatoms. The van der Waals surface area contributed by atoms with Gasteiger partial charge in [0.2, 0.25) is 5.91 Å². The number of rotatable bonds is 4. The van der Waals surface area contributed by atoms with Gasteiger partial charge in [0, 0.05) is 19.5 Å². The minimum atomic E-state index is -0.168. The Morgan fingerprint density at radius 2 is 2.50 bits per heavy atom. The zero-order valence-corrected chi connectivity index (χ0v) is 8.40. The van der Waals surface area contributed by atoms with Crippen LogP contribution in [-0.4, -0.2) is 27.2 Å². The number of aryl methyl sites for hydroxylation is 1. The van der Waals surface area contributed by atoms with E-state index in [-0.39, 0.29) is 11.8 Å². The van der Waals surface area contributed by atoms with Crippen molar-refractivity contribution in [1.29, 1.82) is 0 Å². The van der Waals surface area contributed by atoms with E-state index in [2.05, 4.69) is 15.4 Å². The molecular formula is C8H15N5O. The Labute approximate surface area is 82.5 Å². The lowest BCUT2D eigenvalue weighted by Crippen LogP contribution is -2.33. The van der Waals surface area contributed by atoms with Gasteiger partial charge in [-0.2, -0.15) is 5.10 Å². The van der Waals surface area contributed by atoms with Gasteiger partial charge in [0.15, 0.2) is 5.82 Å². The number of nitrogens with two attached hydrogens (primary N) is 1.